The van der Waals surface area contributed by atoms with Crippen molar-refractivity contribution in [1.29, 1.82) is 0 Å². The number of carbonyl (C=O) groups excluding carboxylic acids is 1. The number of thiocarbonyl (C=S) groups is 1. The number of benzene rings is 1. The zero-order valence-corrected chi connectivity index (χ0v) is 10.1. The molecule has 3 nitrogen and oxygen atoms in total. The van der Waals surface area contributed by atoms with Gasteiger partial charge in [0.15, 0.2) is 4.32 Å². The molecule has 0 aromatic heterocycles. The van der Waals surface area contributed by atoms with Crippen LogP contribution in [0.15, 0.2) is 35.4 Å². The summed E-state index contributed by atoms with van der Waals surface area (Å²) >= 11 is 6.36. The second-order valence-electron chi connectivity index (χ2n) is 3.25. The Bertz CT molecular complexity index is 415. The average Bonchev–Trinajstić information content (AvgIpc) is 2.62. The molecule has 1 aromatic rings. The van der Waals surface area contributed by atoms with Crippen molar-refractivity contribution >= 4 is 40.4 Å². The van der Waals surface area contributed by atoms with Crippen molar-refractivity contribution in [2.24, 2.45) is 5.10 Å². The molecule has 5 heteroatoms. The number of thioether (sulfide) groups is 1. The van der Waals surface area contributed by atoms with Crippen LogP contribution in [-0.2, 0) is 11.2 Å². The average molecular weight is 250 g/mol. The van der Waals surface area contributed by atoms with Gasteiger partial charge in [-0.1, -0.05) is 54.3 Å². The molecule has 1 aromatic carbocycles. The molecular formula is C11H10N2OS2. The van der Waals surface area contributed by atoms with Crippen LogP contribution in [-0.4, -0.2) is 27.2 Å². The molecule has 0 bridgehead atoms. The van der Waals surface area contributed by atoms with Gasteiger partial charge in [0.25, 0.3) is 5.91 Å². The summed E-state index contributed by atoms with van der Waals surface area (Å²) in [6.45, 7) is 0. The van der Waals surface area contributed by atoms with E-state index in [9.17, 15) is 4.79 Å². The first-order valence-corrected chi connectivity index (χ1v) is 6.23. The number of nitrogens with zero attached hydrogens (tertiary/aromatic N) is 2. The highest BCUT2D eigenvalue weighted by Crippen LogP contribution is 2.19. The van der Waals surface area contributed by atoms with Crippen LogP contribution in [0.1, 0.15) is 5.56 Å². The molecule has 0 spiro atoms. The lowest BCUT2D eigenvalue weighted by molar-refractivity contribution is -0.124. The molecule has 0 unspecified atom stereocenters. The Morgan fingerprint density at radius 3 is 2.81 bits per heavy atom. The fourth-order valence-corrected chi connectivity index (χ4v) is 2.27. The molecule has 1 heterocycles. The summed E-state index contributed by atoms with van der Waals surface area (Å²) in [5.41, 5.74) is 1.16. The van der Waals surface area contributed by atoms with Gasteiger partial charge in [0.05, 0.1) is 5.75 Å². The SMILES string of the molecule is O=C1CSC(=S)N1/N=C/Cc1ccccc1. The van der Waals surface area contributed by atoms with Gasteiger partial charge >= 0.3 is 0 Å². The second-order valence-corrected chi connectivity index (χ2v) is 4.86. The standard InChI is InChI=1S/C11H10N2OS2/c14-10-8-16-11(15)13(10)12-7-6-9-4-2-1-3-5-9/h1-5,7H,6,8H2/b12-7+. The topological polar surface area (TPSA) is 32.7 Å². The van der Waals surface area contributed by atoms with Crippen LogP contribution in [0.2, 0.25) is 0 Å². The molecule has 2 rings (SSSR count). The smallest absolute Gasteiger partial charge is 0.259 e. The molecule has 1 aliphatic rings. The Balaban J connectivity index is 1.95. The number of hydrogen-bond donors (Lipinski definition) is 0. The van der Waals surface area contributed by atoms with Gasteiger partial charge in [0.2, 0.25) is 0 Å². The molecular weight excluding hydrogens is 240 g/mol. The van der Waals surface area contributed by atoms with E-state index < -0.39 is 0 Å². The molecule has 0 aliphatic carbocycles. The van der Waals surface area contributed by atoms with Crippen molar-refractivity contribution < 1.29 is 4.79 Å². The second kappa shape index (κ2) is 5.23. The van der Waals surface area contributed by atoms with E-state index in [1.54, 1.807) is 6.21 Å². The molecule has 1 fully saturated rings. The first kappa shape index (κ1) is 11.3. The van der Waals surface area contributed by atoms with Crippen molar-refractivity contribution in [3.63, 3.8) is 0 Å². The summed E-state index contributed by atoms with van der Waals surface area (Å²) in [5.74, 6) is 0.362. The van der Waals surface area contributed by atoms with Gasteiger partial charge in [-0.05, 0) is 5.56 Å². The summed E-state index contributed by atoms with van der Waals surface area (Å²) in [4.78, 5) is 11.3. The predicted octanol–water partition coefficient (Wildman–Crippen LogP) is 2.08. The molecule has 0 saturated carbocycles. The van der Waals surface area contributed by atoms with Crippen molar-refractivity contribution in [2.45, 2.75) is 6.42 Å². The number of carbonyl (C=O) groups is 1. The minimum absolute atomic E-state index is 0.0423. The quantitative estimate of drug-likeness (QED) is 0.608. The molecule has 0 radical (unpaired) electrons. The zero-order chi connectivity index (χ0) is 11.4. The number of hydrazone groups is 1. The van der Waals surface area contributed by atoms with Gasteiger partial charge < -0.3 is 0 Å². The number of hydrogen-bond acceptors (Lipinski definition) is 4. The normalized spacial score (nSPS) is 16.4. The van der Waals surface area contributed by atoms with Crippen molar-refractivity contribution in [1.82, 2.24) is 5.01 Å². The van der Waals surface area contributed by atoms with Crippen molar-refractivity contribution in [3.8, 4) is 0 Å². The minimum atomic E-state index is -0.0423. The summed E-state index contributed by atoms with van der Waals surface area (Å²) in [7, 11) is 0. The van der Waals surface area contributed by atoms with E-state index in [4.69, 9.17) is 12.2 Å². The Morgan fingerprint density at radius 1 is 1.44 bits per heavy atom. The van der Waals surface area contributed by atoms with Crippen LogP contribution < -0.4 is 0 Å². The van der Waals surface area contributed by atoms with E-state index in [2.05, 4.69) is 5.10 Å². The summed E-state index contributed by atoms with van der Waals surface area (Å²) < 4.78 is 0.536. The maximum absolute atomic E-state index is 11.3. The lowest BCUT2D eigenvalue weighted by Gasteiger charge is -2.06. The Hall–Kier alpha value is -1.20. The van der Waals surface area contributed by atoms with Crippen molar-refractivity contribution in [2.75, 3.05) is 5.75 Å². The monoisotopic (exact) mass is 250 g/mol. The maximum atomic E-state index is 11.3. The van der Waals surface area contributed by atoms with Gasteiger partial charge in [-0.2, -0.15) is 10.1 Å². The lowest BCUT2D eigenvalue weighted by Crippen LogP contribution is -2.22. The third kappa shape index (κ3) is 2.68. The first-order chi connectivity index (χ1) is 7.77. The van der Waals surface area contributed by atoms with Crippen molar-refractivity contribution in [3.05, 3.63) is 35.9 Å². The van der Waals surface area contributed by atoms with Crippen LogP contribution in [0.25, 0.3) is 0 Å². The van der Waals surface area contributed by atoms with E-state index in [0.717, 1.165) is 5.56 Å². The van der Waals surface area contributed by atoms with E-state index in [0.29, 0.717) is 16.5 Å². The molecule has 1 amide bonds. The van der Waals surface area contributed by atoms with Gasteiger partial charge in [-0.3, -0.25) is 4.79 Å². The zero-order valence-electron chi connectivity index (χ0n) is 8.50. The van der Waals surface area contributed by atoms with Crippen LogP contribution in [0.5, 0.6) is 0 Å². The third-order valence-corrected chi connectivity index (χ3v) is 3.43. The highest BCUT2D eigenvalue weighted by molar-refractivity contribution is 8.23. The van der Waals surface area contributed by atoms with Gasteiger partial charge in [-0.15, -0.1) is 0 Å². The van der Waals surface area contributed by atoms with E-state index >= 15 is 0 Å². The molecule has 82 valence electrons. The molecule has 0 N–H and O–H groups in total. The van der Waals surface area contributed by atoms with Gasteiger partial charge in [0, 0.05) is 12.6 Å². The largest absolute Gasteiger partial charge is 0.272 e. The molecule has 0 atom stereocenters. The Morgan fingerprint density at radius 2 is 2.19 bits per heavy atom. The maximum Gasteiger partial charge on any atom is 0.259 e. The summed E-state index contributed by atoms with van der Waals surface area (Å²) in [5, 5.41) is 5.37. The highest BCUT2D eigenvalue weighted by atomic mass is 32.2. The first-order valence-electron chi connectivity index (χ1n) is 4.83. The summed E-state index contributed by atoms with van der Waals surface area (Å²) in [6.07, 6.45) is 2.42. The fraction of sp³-hybridized carbons (Fsp3) is 0.182. The van der Waals surface area contributed by atoms with Crippen LogP contribution in [0.3, 0.4) is 0 Å². The molecule has 1 saturated heterocycles. The Labute approximate surface area is 104 Å². The van der Waals surface area contributed by atoms with E-state index in [1.165, 1.54) is 16.8 Å². The van der Waals surface area contributed by atoms with Crippen LogP contribution in [0.4, 0.5) is 0 Å². The number of rotatable bonds is 3. The number of amides is 1. The fourth-order valence-electron chi connectivity index (χ4n) is 1.30. The predicted molar refractivity (Wildman–Crippen MR) is 70.5 cm³/mol. The lowest BCUT2D eigenvalue weighted by atomic mass is 10.2. The Kier molecular flexibility index (Phi) is 3.69. The highest BCUT2D eigenvalue weighted by Gasteiger charge is 2.25. The summed E-state index contributed by atoms with van der Waals surface area (Å²) in [6, 6.07) is 9.96. The molecule has 16 heavy (non-hydrogen) atoms. The van der Waals surface area contributed by atoms with Crippen LogP contribution in [0, 0.1) is 0 Å². The third-order valence-electron chi connectivity index (χ3n) is 2.10. The van der Waals surface area contributed by atoms with E-state index in [1.807, 2.05) is 30.3 Å². The van der Waals surface area contributed by atoms with Crippen LogP contribution >= 0.6 is 24.0 Å². The minimum Gasteiger partial charge on any atom is -0.272 e. The van der Waals surface area contributed by atoms with Gasteiger partial charge in [-0.25, -0.2) is 0 Å². The van der Waals surface area contributed by atoms with E-state index in [-0.39, 0.29) is 5.91 Å². The van der Waals surface area contributed by atoms with Gasteiger partial charge in [0.1, 0.15) is 0 Å². The molecule has 1 aliphatic heterocycles.